The summed E-state index contributed by atoms with van der Waals surface area (Å²) in [6.07, 6.45) is 0. The molecule has 0 aromatic carbocycles. The minimum atomic E-state index is -0.681. The van der Waals surface area contributed by atoms with E-state index in [1.165, 1.54) is 19.2 Å². The van der Waals surface area contributed by atoms with Gasteiger partial charge in [-0.05, 0) is 12.1 Å². The first-order chi connectivity index (χ1) is 8.19. The van der Waals surface area contributed by atoms with Gasteiger partial charge in [0.15, 0.2) is 0 Å². The summed E-state index contributed by atoms with van der Waals surface area (Å²) in [5.74, 6) is -1.48. The lowest BCUT2D eigenvalue weighted by Crippen LogP contribution is -2.21. The van der Waals surface area contributed by atoms with Crippen LogP contribution in [0.1, 0.15) is 21.1 Å². The highest BCUT2D eigenvalue weighted by atomic mass is 16.6. The average molecular weight is 243 g/mol. The number of hydrogen-bond donors (Lipinski definition) is 2. The minimum Gasteiger partial charge on any atom is -0.463 e. The Kier molecular flexibility index (Phi) is 5.18. The predicted octanol–water partition coefficient (Wildman–Crippen LogP) is -0.238. The van der Waals surface area contributed by atoms with Gasteiger partial charge >= 0.3 is 11.9 Å². The van der Waals surface area contributed by atoms with Crippen molar-refractivity contribution >= 4 is 11.9 Å². The third kappa shape index (κ3) is 3.89. The monoisotopic (exact) mass is 243 g/mol. The standard InChI is InChI=1S/C10H13NO6/c1-15-9(13)7-2-3-8(17-7)10(14)16-5-4-11-6-12/h2-3,11-12H,4-6H2,1H3. The number of ether oxygens (including phenoxy) is 2. The van der Waals surface area contributed by atoms with Gasteiger partial charge in [-0.25, -0.2) is 9.59 Å². The highest BCUT2D eigenvalue weighted by Crippen LogP contribution is 2.10. The fourth-order valence-electron chi connectivity index (χ4n) is 1.02. The maximum atomic E-state index is 11.4. The van der Waals surface area contributed by atoms with Crippen molar-refractivity contribution in [2.75, 3.05) is 27.0 Å². The number of methoxy groups -OCH3 is 1. The summed E-state index contributed by atoms with van der Waals surface area (Å²) in [7, 11) is 1.21. The van der Waals surface area contributed by atoms with Crippen LogP contribution >= 0.6 is 0 Å². The molecule has 7 heteroatoms. The molecule has 1 aromatic rings. The van der Waals surface area contributed by atoms with Crippen molar-refractivity contribution in [2.45, 2.75) is 0 Å². The molecule has 0 spiro atoms. The predicted molar refractivity (Wildman–Crippen MR) is 55.4 cm³/mol. The van der Waals surface area contributed by atoms with E-state index >= 15 is 0 Å². The van der Waals surface area contributed by atoms with Crippen molar-refractivity contribution in [1.29, 1.82) is 0 Å². The second-order valence-electron chi connectivity index (χ2n) is 2.95. The number of aliphatic hydroxyl groups excluding tert-OH is 1. The topological polar surface area (TPSA) is 98.0 Å². The van der Waals surface area contributed by atoms with Crippen molar-refractivity contribution in [2.24, 2.45) is 0 Å². The summed E-state index contributed by atoms with van der Waals surface area (Å²) >= 11 is 0. The van der Waals surface area contributed by atoms with E-state index in [0.717, 1.165) is 0 Å². The van der Waals surface area contributed by atoms with Gasteiger partial charge in [0.25, 0.3) is 0 Å². The maximum absolute atomic E-state index is 11.4. The lowest BCUT2D eigenvalue weighted by atomic mass is 10.4. The lowest BCUT2D eigenvalue weighted by molar-refractivity contribution is 0.0454. The van der Waals surface area contributed by atoms with E-state index in [1.807, 2.05) is 0 Å². The zero-order chi connectivity index (χ0) is 12.7. The quantitative estimate of drug-likeness (QED) is 0.404. The molecule has 0 atom stereocenters. The summed E-state index contributed by atoms with van der Waals surface area (Å²) in [6, 6.07) is 2.66. The largest absolute Gasteiger partial charge is 0.463 e. The third-order valence-electron chi connectivity index (χ3n) is 1.82. The molecule has 94 valence electrons. The van der Waals surface area contributed by atoms with Crippen molar-refractivity contribution in [1.82, 2.24) is 5.32 Å². The van der Waals surface area contributed by atoms with E-state index < -0.39 is 11.9 Å². The molecule has 0 saturated carbocycles. The molecule has 0 bridgehead atoms. The number of rotatable bonds is 6. The molecule has 0 aliphatic rings. The molecular weight excluding hydrogens is 230 g/mol. The van der Waals surface area contributed by atoms with Crippen LogP contribution < -0.4 is 5.32 Å². The van der Waals surface area contributed by atoms with E-state index in [2.05, 4.69) is 10.1 Å². The zero-order valence-corrected chi connectivity index (χ0v) is 9.26. The van der Waals surface area contributed by atoms with Crippen molar-refractivity contribution < 1.29 is 28.6 Å². The molecule has 0 aliphatic heterocycles. The normalized spacial score (nSPS) is 10.0. The van der Waals surface area contributed by atoms with Gasteiger partial charge in [-0.3, -0.25) is 5.32 Å². The number of nitrogens with one attached hydrogen (secondary N) is 1. The Bertz CT molecular complexity index is 386. The first-order valence-corrected chi connectivity index (χ1v) is 4.86. The van der Waals surface area contributed by atoms with Gasteiger partial charge in [0, 0.05) is 6.54 Å². The Morgan fingerprint density at radius 1 is 1.35 bits per heavy atom. The maximum Gasteiger partial charge on any atom is 0.374 e. The Morgan fingerprint density at radius 2 is 2.00 bits per heavy atom. The number of aliphatic hydroxyl groups is 1. The smallest absolute Gasteiger partial charge is 0.374 e. The second-order valence-corrected chi connectivity index (χ2v) is 2.95. The minimum absolute atomic E-state index is 0.0621. The molecule has 0 aliphatic carbocycles. The number of carbonyl (C=O) groups excluding carboxylic acids is 2. The van der Waals surface area contributed by atoms with Crippen LogP contribution in [0.3, 0.4) is 0 Å². The van der Waals surface area contributed by atoms with Crippen LogP contribution in [0.5, 0.6) is 0 Å². The van der Waals surface area contributed by atoms with Gasteiger partial charge < -0.3 is 19.0 Å². The van der Waals surface area contributed by atoms with Gasteiger partial charge in [0.1, 0.15) is 6.61 Å². The third-order valence-corrected chi connectivity index (χ3v) is 1.82. The van der Waals surface area contributed by atoms with Crippen molar-refractivity contribution in [3.05, 3.63) is 23.7 Å². The van der Waals surface area contributed by atoms with E-state index in [1.54, 1.807) is 0 Å². The average Bonchev–Trinajstić information content (AvgIpc) is 2.83. The van der Waals surface area contributed by atoms with E-state index in [0.29, 0.717) is 6.54 Å². The SMILES string of the molecule is COC(=O)c1ccc(C(=O)OCCNCO)o1. The highest BCUT2D eigenvalue weighted by molar-refractivity contribution is 5.90. The van der Waals surface area contributed by atoms with Crippen molar-refractivity contribution in [3.63, 3.8) is 0 Å². The van der Waals surface area contributed by atoms with E-state index in [9.17, 15) is 9.59 Å². The van der Waals surface area contributed by atoms with Crippen LogP contribution in [0.2, 0.25) is 0 Å². The van der Waals surface area contributed by atoms with Crippen LogP contribution in [0, 0.1) is 0 Å². The molecule has 1 rings (SSSR count). The van der Waals surface area contributed by atoms with Gasteiger partial charge in [0.05, 0.1) is 13.8 Å². The summed E-state index contributed by atoms with van der Waals surface area (Å²) < 4.78 is 14.2. The molecule has 7 nitrogen and oxygen atoms in total. The lowest BCUT2D eigenvalue weighted by Gasteiger charge is -2.02. The number of carbonyl (C=O) groups is 2. The molecule has 0 unspecified atom stereocenters. The zero-order valence-electron chi connectivity index (χ0n) is 9.26. The number of furan rings is 1. The van der Waals surface area contributed by atoms with Gasteiger partial charge in [-0.15, -0.1) is 0 Å². The molecule has 0 fully saturated rings. The second kappa shape index (κ2) is 6.66. The van der Waals surface area contributed by atoms with Crippen LogP contribution in [0.25, 0.3) is 0 Å². The van der Waals surface area contributed by atoms with Gasteiger partial charge in [0.2, 0.25) is 11.5 Å². The molecule has 0 saturated heterocycles. The van der Waals surface area contributed by atoms with Gasteiger partial charge in [-0.2, -0.15) is 0 Å². The number of hydrogen-bond acceptors (Lipinski definition) is 7. The Balaban J connectivity index is 2.46. The molecule has 17 heavy (non-hydrogen) atoms. The molecule has 2 N–H and O–H groups in total. The first kappa shape index (κ1) is 13.2. The number of esters is 2. The Morgan fingerprint density at radius 3 is 2.59 bits per heavy atom. The molecule has 1 aromatic heterocycles. The molecule has 0 amide bonds. The Hall–Kier alpha value is -1.86. The van der Waals surface area contributed by atoms with Crippen LogP contribution in [0.4, 0.5) is 0 Å². The van der Waals surface area contributed by atoms with Crippen LogP contribution in [0.15, 0.2) is 16.5 Å². The first-order valence-electron chi connectivity index (χ1n) is 4.86. The molecular formula is C10H13NO6. The van der Waals surface area contributed by atoms with Gasteiger partial charge in [-0.1, -0.05) is 0 Å². The van der Waals surface area contributed by atoms with Crippen molar-refractivity contribution in [3.8, 4) is 0 Å². The summed E-state index contributed by atoms with van der Waals surface area (Å²) in [4.78, 5) is 22.4. The summed E-state index contributed by atoms with van der Waals surface area (Å²) in [6.45, 7) is 0.227. The molecule has 1 heterocycles. The summed E-state index contributed by atoms with van der Waals surface area (Å²) in [5, 5.41) is 11.0. The summed E-state index contributed by atoms with van der Waals surface area (Å²) in [5.41, 5.74) is 0. The van der Waals surface area contributed by atoms with E-state index in [-0.39, 0.29) is 24.9 Å². The fraction of sp³-hybridized carbons (Fsp3) is 0.400. The Labute approximate surface area is 97.3 Å². The highest BCUT2D eigenvalue weighted by Gasteiger charge is 2.16. The molecule has 0 radical (unpaired) electrons. The van der Waals surface area contributed by atoms with Crippen LogP contribution in [-0.4, -0.2) is 44.0 Å². The fourth-order valence-corrected chi connectivity index (χ4v) is 1.02. The van der Waals surface area contributed by atoms with E-state index in [4.69, 9.17) is 14.3 Å². The van der Waals surface area contributed by atoms with Crippen LogP contribution in [-0.2, 0) is 9.47 Å².